The number of hydrogen-bond donors (Lipinski definition) is 0. The minimum Gasteiger partial charge on any atom is -0.273 e. The standard InChI is InChI=1S/C23H15Cl2N3O5/c24-13-9-10-17(18(25)11-13)20-19-21(23(30)26(22(19)29)14-5-2-1-3-6-14)33-27(20)15-7-4-8-16(12-15)28(31)32/h1-12,19-21H. The number of non-ortho nitro benzene ring substituents is 1. The van der Waals surface area contributed by atoms with Gasteiger partial charge in [0, 0.05) is 22.2 Å². The van der Waals surface area contributed by atoms with Crippen LogP contribution in [0.2, 0.25) is 10.0 Å². The Bertz CT molecular complexity index is 1290. The maximum Gasteiger partial charge on any atom is 0.271 e. The molecule has 3 aromatic rings. The summed E-state index contributed by atoms with van der Waals surface area (Å²) in [5, 5.41) is 13.3. The van der Waals surface area contributed by atoms with E-state index < -0.39 is 34.8 Å². The molecule has 8 nitrogen and oxygen atoms in total. The van der Waals surface area contributed by atoms with Crippen LogP contribution in [0.15, 0.2) is 72.8 Å². The van der Waals surface area contributed by atoms with Gasteiger partial charge in [-0.05, 0) is 35.9 Å². The van der Waals surface area contributed by atoms with Crippen LogP contribution in [0.5, 0.6) is 0 Å². The second-order valence-corrected chi connectivity index (χ2v) is 8.46. The first-order valence-electron chi connectivity index (χ1n) is 9.95. The summed E-state index contributed by atoms with van der Waals surface area (Å²) in [6, 6.07) is 18.4. The third kappa shape index (κ3) is 3.52. The molecule has 0 aliphatic carbocycles. The van der Waals surface area contributed by atoms with Gasteiger partial charge in [-0.15, -0.1) is 0 Å². The molecule has 2 amide bonds. The van der Waals surface area contributed by atoms with Crippen molar-refractivity contribution < 1.29 is 19.3 Å². The van der Waals surface area contributed by atoms with E-state index in [9.17, 15) is 19.7 Å². The fourth-order valence-corrected chi connectivity index (χ4v) is 4.79. The Labute approximate surface area is 198 Å². The van der Waals surface area contributed by atoms with Gasteiger partial charge in [-0.1, -0.05) is 53.5 Å². The number of imide groups is 1. The van der Waals surface area contributed by atoms with Gasteiger partial charge in [0.15, 0.2) is 6.10 Å². The van der Waals surface area contributed by atoms with Crippen LogP contribution in [0.3, 0.4) is 0 Å². The smallest absolute Gasteiger partial charge is 0.271 e. The number of amides is 2. The number of nitrogens with zero attached hydrogens (tertiary/aromatic N) is 3. The highest BCUT2D eigenvalue weighted by Gasteiger charge is 2.60. The quantitative estimate of drug-likeness (QED) is 0.296. The number of carbonyl (C=O) groups excluding carboxylic acids is 2. The number of benzene rings is 3. The van der Waals surface area contributed by atoms with Crippen LogP contribution in [-0.4, -0.2) is 22.8 Å². The zero-order chi connectivity index (χ0) is 23.3. The molecule has 166 valence electrons. The van der Waals surface area contributed by atoms with Crippen LogP contribution in [0.1, 0.15) is 11.6 Å². The van der Waals surface area contributed by atoms with Crippen molar-refractivity contribution in [2.24, 2.45) is 5.92 Å². The minimum atomic E-state index is -1.12. The van der Waals surface area contributed by atoms with Gasteiger partial charge in [0.1, 0.15) is 5.92 Å². The predicted molar refractivity (Wildman–Crippen MR) is 122 cm³/mol. The van der Waals surface area contributed by atoms with Gasteiger partial charge in [-0.25, -0.2) is 9.96 Å². The molecule has 0 aromatic heterocycles. The van der Waals surface area contributed by atoms with E-state index in [2.05, 4.69) is 0 Å². The first kappa shape index (κ1) is 21.4. The molecule has 2 saturated heterocycles. The Morgan fingerprint density at radius 2 is 1.61 bits per heavy atom. The van der Waals surface area contributed by atoms with Crippen molar-refractivity contribution in [3.63, 3.8) is 0 Å². The second kappa shape index (κ2) is 8.15. The zero-order valence-corrected chi connectivity index (χ0v) is 18.3. The van der Waals surface area contributed by atoms with Crippen molar-refractivity contribution in [3.8, 4) is 0 Å². The summed E-state index contributed by atoms with van der Waals surface area (Å²) in [7, 11) is 0. The fraction of sp³-hybridized carbons (Fsp3) is 0.130. The molecule has 0 N–H and O–H groups in total. The molecule has 0 spiro atoms. The minimum absolute atomic E-state index is 0.155. The number of fused-ring (bicyclic) bond motifs is 1. The highest BCUT2D eigenvalue weighted by atomic mass is 35.5. The fourth-order valence-electron chi connectivity index (χ4n) is 4.27. The van der Waals surface area contributed by atoms with Crippen molar-refractivity contribution in [2.75, 3.05) is 9.96 Å². The molecule has 2 fully saturated rings. The molecule has 33 heavy (non-hydrogen) atoms. The summed E-state index contributed by atoms with van der Waals surface area (Å²) in [4.78, 5) is 44.7. The third-order valence-electron chi connectivity index (χ3n) is 5.71. The van der Waals surface area contributed by atoms with Gasteiger partial charge in [0.2, 0.25) is 5.91 Å². The maximum absolute atomic E-state index is 13.5. The van der Waals surface area contributed by atoms with Crippen LogP contribution in [0, 0.1) is 16.0 Å². The molecular weight excluding hydrogens is 469 g/mol. The predicted octanol–water partition coefficient (Wildman–Crippen LogP) is 4.95. The first-order chi connectivity index (χ1) is 15.9. The average Bonchev–Trinajstić information content (AvgIpc) is 3.30. The molecule has 0 bridgehead atoms. The van der Waals surface area contributed by atoms with Gasteiger partial charge in [0.25, 0.3) is 11.6 Å². The van der Waals surface area contributed by atoms with Crippen LogP contribution in [0.4, 0.5) is 17.1 Å². The van der Waals surface area contributed by atoms with E-state index in [1.54, 1.807) is 48.5 Å². The Morgan fingerprint density at radius 3 is 2.30 bits per heavy atom. The van der Waals surface area contributed by atoms with Crippen molar-refractivity contribution in [1.29, 1.82) is 0 Å². The lowest BCUT2D eigenvalue weighted by Gasteiger charge is -2.29. The molecular formula is C23H15Cl2N3O5. The molecule has 0 saturated carbocycles. The molecule has 2 heterocycles. The lowest BCUT2D eigenvalue weighted by molar-refractivity contribution is -0.384. The summed E-state index contributed by atoms with van der Waals surface area (Å²) >= 11 is 12.6. The Morgan fingerprint density at radius 1 is 0.879 bits per heavy atom. The number of nitro benzene ring substituents is 1. The molecule has 2 aliphatic heterocycles. The molecule has 5 rings (SSSR count). The van der Waals surface area contributed by atoms with Crippen LogP contribution >= 0.6 is 23.2 Å². The van der Waals surface area contributed by atoms with E-state index in [1.807, 2.05) is 0 Å². The number of halogens is 2. The summed E-state index contributed by atoms with van der Waals surface area (Å²) in [6.07, 6.45) is -1.12. The number of rotatable bonds is 4. The number of anilines is 2. The number of carbonyl (C=O) groups is 2. The number of hydroxylamine groups is 1. The van der Waals surface area contributed by atoms with Crippen molar-refractivity contribution in [3.05, 3.63) is 98.5 Å². The number of nitro groups is 1. The van der Waals surface area contributed by atoms with Gasteiger partial charge in [-0.3, -0.25) is 24.5 Å². The third-order valence-corrected chi connectivity index (χ3v) is 6.27. The monoisotopic (exact) mass is 483 g/mol. The average molecular weight is 484 g/mol. The lowest BCUT2D eigenvalue weighted by Crippen LogP contribution is -2.37. The Balaban J connectivity index is 1.63. The van der Waals surface area contributed by atoms with Crippen LogP contribution < -0.4 is 9.96 Å². The summed E-state index contributed by atoms with van der Waals surface area (Å²) in [6.45, 7) is 0. The van der Waals surface area contributed by atoms with Gasteiger partial charge < -0.3 is 0 Å². The SMILES string of the molecule is O=C1C2ON(c3cccc([N+](=O)[O-])c3)C(c3ccc(Cl)cc3Cl)C2C(=O)N1c1ccccc1. The maximum atomic E-state index is 13.5. The number of hydrogen-bond acceptors (Lipinski definition) is 6. The van der Waals surface area contributed by atoms with Gasteiger partial charge in [0.05, 0.1) is 22.3 Å². The summed E-state index contributed by atoms with van der Waals surface area (Å²) in [5.74, 6) is -1.88. The highest BCUT2D eigenvalue weighted by Crippen LogP contribution is 2.49. The lowest BCUT2D eigenvalue weighted by atomic mass is 9.90. The molecule has 3 atom stereocenters. The topological polar surface area (TPSA) is 93.0 Å². The molecule has 3 unspecified atom stereocenters. The molecule has 3 aromatic carbocycles. The Hall–Kier alpha value is -3.46. The van der Waals surface area contributed by atoms with Gasteiger partial charge >= 0.3 is 0 Å². The van der Waals surface area contributed by atoms with E-state index in [-0.39, 0.29) is 10.7 Å². The molecule has 10 heteroatoms. The Kier molecular flexibility index (Phi) is 5.28. The zero-order valence-electron chi connectivity index (χ0n) is 16.8. The summed E-state index contributed by atoms with van der Waals surface area (Å²) < 4.78 is 0. The molecule has 2 aliphatic rings. The highest BCUT2D eigenvalue weighted by molar-refractivity contribution is 6.35. The normalized spacial score (nSPS) is 22.1. The van der Waals surface area contributed by atoms with Crippen LogP contribution in [-0.2, 0) is 14.4 Å². The van der Waals surface area contributed by atoms with E-state index in [1.165, 1.54) is 29.3 Å². The first-order valence-corrected chi connectivity index (χ1v) is 10.7. The summed E-state index contributed by atoms with van der Waals surface area (Å²) in [5.41, 5.74) is 1.11. The molecule has 0 radical (unpaired) electrons. The van der Waals surface area contributed by atoms with E-state index in [0.717, 1.165) is 4.90 Å². The number of para-hydroxylation sites is 1. The van der Waals surface area contributed by atoms with E-state index >= 15 is 0 Å². The van der Waals surface area contributed by atoms with Crippen molar-refractivity contribution in [1.82, 2.24) is 0 Å². The van der Waals surface area contributed by atoms with E-state index in [0.29, 0.717) is 22.0 Å². The second-order valence-electron chi connectivity index (χ2n) is 7.61. The van der Waals surface area contributed by atoms with E-state index in [4.69, 9.17) is 28.0 Å². The van der Waals surface area contributed by atoms with Crippen LogP contribution in [0.25, 0.3) is 0 Å². The van der Waals surface area contributed by atoms with Crippen molar-refractivity contribution in [2.45, 2.75) is 12.1 Å². The largest absolute Gasteiger partial charge is 0.273 e. The van der Waals surface area contributed by atoms with Crippen molar-refractivity contribution >= 4 is 52.1 Å². The van der Waals surface area contributed by atoms with Gasteiger partial charge in [-0.2, -0.15) is 0 Å².